The Morgan fingerprint density at radius 1 is 1.00 bits per heavy atom. The summed E-state index contributed by atoms with van der Waals surface area (Å²) in [5.74, 6) is -0.188. The number of nitrogens with two attached hydrogens (primary N) is 1. The summed E-state index contributed by atoms with van der Waals surface area (Å²) in [6.45, 7) is 4.61. The van der Waals surface area contributed by atoms with Crippen molar-refractivity contribution in [3.63, 3.8) is 0 Å². The van der Waals surface area contributed by atoms with Gasteiger partial charge in [0, 0.05) is 37.7 Å². The van der Waals surface area contributed by atoms with Crippen LogP contribution in [0.5, 0.6) is 0 Å². The molecule has 2 N–H and O–H groups in total. The maximum absolute atomic E-state index is 12.9. The summed E-state index contributed by atoms with van der Waals surface area (Å²) in [7, 11) is 0. The quantitative estimate of drug-likeness (QED) is 0.880. The first-order valence-electron chi connectivity index (χ1n) is 7.38. The van der Waals surface area contributed by atoms with Crippen molar-refractivity contribution in [2.75, 3.05) is 36.8 Å². The second-order valence-corrected chi connectivity index (χ2v) is 6.03. The van der Waals surface area contributed by atoms with Gasteiger partial charge in [-0.3, -0.25) is 4.90 Å². The molecular weight excluding hydrogens is 301 g/mol. The second kappa shape index (κ2) is 6.55. The monoisotopic (exact) mass is 319 g/mol. The molecule has 0 bridgehead atoms. The smallest absolute Gasteiger partial charge is 0.123 e. The Bertz CT molecular complexity index is 637. The molecule has 5 heteroatoms. The van der Waals surface area contributed by atoms with Crippen LogP contribution in [0.2, 0.25) is 5.02 Å². The predicted octanol–water partition coefficient (Wildman–Crippen LogP) is 3.38. The van der Waals surface area contributed by atoms with Crippen molar-refractivity contribution in [3.8, 4) is 0 Å². The number of benzene rings is 2. The molecule has 3 rings (SSSR count). The molecule has 3 nitrogen and oxygen atoms in total. The van der Waals surface area contributed by atoms with E-state index in [4.69, 9.17) is 17.3 Å². The highest BCUT2D eigenvalue weighted by Gasteiger charge is 2.18. The summed E-state index contributed by atoms with van der Waals surface area (Å²) in [6, 6.07) is 12.4. The lowest BCUT2D eigenvalue weighted by atomic mass is 10.1. The Balaban J connectivity index is 1.59. The lowest BCUT2D eigenvalue weighted by Gasteiger charge is -2.36. The lowest BCUT2D eigenvalue weighted by molar-refractivity contribution is 0.250. The predicted molar refractivity (Wildman–Crippen MR) is 89.8 cm³/mol. The summed E-state index contributed by atoms with van der Waals surface area (Å²) in [4.78, 5) is 4.66. The molecule has 116 valence electrons. The number of nitrogens with zero attached hydrogens (tertiary/aromatic N) is 2. The molecule has 1 aliphatic heterocycles. The highest BCUT2D eigenvalue weighted by molar-refractivity contribution is 6.31. The van der Waals surface area contributed by atoms with Crippen LogP contribution in [0.25, 0.3) is 0 Å². The zero-order valence-electron chi connectivity index (χ0n) is 12.3. The van der Waals surface area contributed by atoms with Crippen LogP contribution in [0, 0.1) is 5.82 Å². The molecule has 1 fully saturated rings. The van der Waals surface area contributed by atoms with Crippen molar-refractivity contribution in [2.24, 2.45) is 0 Å². The van der Waals surface area contributed by atoms with E-state index in [2.05, 4.69) is 9.80 Å². The first kappa shape index (κ1) is 15.1. The average Bonchev–Trinajstić information content (AvgIpc) is 2.51. The highest BCUT2D eigenvalue weighted by Crippen LogP contribution is 2.27. The van der Waals surface area contributed by atoms with Crippen molar-refractivity contribution >= 4 is 23.0 Å². The molecule has 0 radical (unpaired) electrons. The van der Waals surface area contributed by atoms with Gasteiger partial charge in [-0.25, -0.2) is 4.39 Å². The van der Waals surface area contributed by atoms with Gasteiger partial charge in [0.15, 0.2) is 0 Å². The van der Waals surface area contributed by atoms with Gasteiger partial charge in [0.25, 0.3) is 0 Å². The molecule has 0 spiro atoms. The second-order valence-electron chi connectivity index (χ2n) is 5.59. The van der Waals surface area contributed by atoms with Crippen LogP contribution in [0.15, 0.2) is 42.5 Å². The molecule has 0 atom stereocenters. The van der Waals surface area contributed by atoms with Gasteiger partial charge in [0.1, 0.15) is 5.82 Å². The number of hydrogen-bond acceptors (Lipinski definition) is 3. The molecule has 22 heavy (non-hydrogen) atoms. The Morgan fingerprint density at radius 2 is 1.68 bits per heavy atom. The van der Waals surface area contributed by atoms with Crippen LogP contribution in [0.1, 0.15) is 5.56 Å². The first-order chi connectivity index (χ1) is 10.6. The average molecular weight is 320 g/mol. The van der Waals surface area contributed by atoms with Crippen LogP contribution in [-0.4, -0.2) is 31.1 Å². The standard InChI is InChI=1S/C17H19ClFN3/c18-14-3-6-17(16(20)11-14)22-9-7-21(8-10-22)12-13-1-4-15(19)5-2-13/h1-6,11H,7-10,12,20H2. The van der Waals surface area contributed by atoms with Gasteiger partial charge >= 0.3 is 0 Å². The zero-order valence-corrected chi connectivity index (χ0v) is 13.1. The van der Waals surface area contributed by atoms with Crippen LogP contribution in [0.4, 0.5) is 15.8 Å². The molecule has 1 saturated heterocycles. The van der Waals surface area contributed by atoms with E-state index in [1.54, 1.807) is 6.07 Å². The number of hydrogen-bond donors (Lipinski definition) is 1. The highest BCUT2D eigenvalue weighted by atomic mass is 35.5. The van der Waals surface area contributed by atoms with Gasteiger partial charge < -0.3 is 10.6 Å². The van der Waals surface area contributed by atoms with E-state index in [1.165, 1.54) is 12.1 Å². The van der Waals surface area contributed by atoms with Gasteiger partial charge in [-0.05, 0) is 35.9 Å². The fourth-order valence-corrected chi connectivity index (χ4v) is 2.99. The molecule has 1 heterocycles. The minimum absolute atomic E-state index is 0.188. The van der Waals surface area contributed by atoms with Crippen molar-refractivity contribution < 1.29 is 4.39 Å². The minimum Gasteiger partial charge on any atom is -0.397 e. The largest absolute Gasteiger partial charge is 0.397 e. The Morgan fingerprint density at radius 3 is 2.32 bits per heavy atom. The molecule has 0 unspecified atom stereocenters. The normalized spacial score (nSPS) is 16.0. The lowest BCUT2D eigenvalue weighted by Crippen LogP contribution is -2.46. The number of nitrogen functional groups attached to an aromatic ring is 1. The topological polar surface area (TPSA) is 32.5 Å². The first-order valence-corrected chi connectivity index (χ1v) is 7.76. The maximum Gasteiger partial charge on any atom is 0.123 e. The SMILES string of the molecule is Nc1cc(Cl)ccc1N1CCN(Cc2ccc(F)cc2)CC1. The number of piperazine rings is 1. The zero-order chi connectivity index (χ0) is 15.5. The molecular formula is C17H19ClFN3. The number of halogens is 2. The van der Waals surface area contributed by atoms with E-state index in [0.717, 1.165) is 49.7 Å². The van der Waals surface area contributed by atoms with Crippen molar-refractivity contribution in [1.29, 1.82) is 0 Å². The molecule has 2 aromatic rings. The molecule has 0 amide bonds. The maximum atomic E-state index is 12.9. The van der Waals surface area contributed by atoms with E-state index in [-0.39, 0.29) is 5.82 Å². The van der Waals surface area contributed by atoms with Gasteiger partial charge in [-0.15, -0.1) is 0 Å². The molecule has 0 aliphatic carbocycles. The third-order valence-electron chi connectivity index (χ3n) is 4.02. The van der Waals surface area contributed by atoms with Crippen LogP contribution < -0.4 is 10.6 Å². The van der Waals surface area contributed by atoms with E-state index < -0.39 is 0 Å². The van der Waals surface area contributed by atoms with Gasteiger partial charge in [0.2, 0.25) is 0 Å². The van der Waals surface area contributed by atoms with E-state index in [9.17, 15) is 4.39 Å². The Hall–Kier alpha value is -1.78. The van der Waals surface area contributed by atoms with Crippen LogP contribution in [-0.2, 0) is 6.54 Å². The van der Waals surface area contributed by atoms with Crippen molar-refractivity contribution in [1.82, 2.24) is 4.90 Å². The molecule has 0 saturated carbocycles. The third kappa shape index (κ3) is 3.51. The molecule has 0 aromatic heterocycles. The van der Waals surface area contributed by atoms with Crippen molar-refractivity contribution in [2.45, 2.75) is 6.54 Å². The van der Waals surface area contributed by atoms with Gasteiger partial charge in [-0.2, -0.15) is 0 Å². The summed E-state index contributed by atoms with van der Waals surface area (Å²) in [6.07, 6.45) is 0. The fourth-order valence-electron chi connectivity index (χ4n) is 2.81. The van der Waals surface area contributed by atoms with Crippen LogP contribution >= 0.6 is 11.6 Å². The molecule has 2 aromatic carbocycles. The summed E-state index contributed by atoms with van der Waals surface area (Å²) >= 11 is 5.95. The van der Waals surface area contributed by atoms with E-state index >= 15 is 0 Å². The van der Waals surface area contributed by atoms with E-state index in [0.29, 0.717) is 5.02 Å². The Labute approximate surface area is 135 Å². The summed E-state index contributed by atoms with van der Waals surface area (Å²) < 4.78 is 12.9. The summed E-state index contributed by atoms with van der Waals surface area (Å²) in [5.41, 5.74) is 8.96. The number of rotatable bonds is 3. The molecule has 1 aliphatic rings. The van der Waals surface area contributed by atoms with Gasteiger partial charge in [0.05, 0.1) is 11.4 Å². The van der Waals surface area contributed by atoms with Gasteiger partial charge in [-0.1, -0.05) is 23.7 Å². The van der Waals surface area contributed by atoms with E-state index in [1.807, 2.05) is 24.3 Å². The third-order valence-corrected chi connectivity index (χ3v) is 4.26. The fraction of sp³-hybridized carbons (Fsp3) is 0.294. The minimum atomic E-state index is -0.188. The number of anilines is 2. The van der Waals surface area contributed by atoms with Crippen molar-refractivity contribution in [3.05, 3.63) is 58.9 Å². The van der Waals surface area contributed by atoms with Crippen LogP contribution in [0.3, 0.4) is 0 Å². The Kier molecular flexibility index (Phi) is 4.50. The summed E-state index contributed by atoms with van der Waals surface area (Å²) in [5, 5.41) is 0.663.